The average Bonchev–Trinajstić information content (AvgIpc) is 2.31. The Hall–Kier alpha value is -0.990. The molecule has 0 amide bonds. The SMILES string of the molecule is CC(CC(O)(C(F)(F)F)C(F)(F)F)OC(=O)C(C)(C(C)(C)C)C(C)(C)C. The number of ether oxygens (including phenoxy) is 1. The maximum absolute atomic E-state index is 12.8. The Morgan fingerprint density at radius 1 is 0.846 bits per heavy atom. The number of aliphatic hydroxyl groups is 1. The summed E-state index contributed by atoms with van der Waals surface area (Å²) in [7, 11) is 0. The van der Waals surface area contributed by atoms with E-state index in [1.54, 1.807) is 48.5 Å². The molecule has 0 aromatic heterocycles. The van der Waals surface area contributed by atoms with Crippen LogP contribution in [-0.4, -0.2) is 35.1 Å². The number of carbonyl (C=O) groups excluding carboxylic acids is 1. The summed E-state index contributed by atoms with van der Waals surface area (Å²) >= 11 is 0. The van der Waals surface area contributed by atoms with Crippen LogP contribution < -0.4 is 0 Å². The molecule has 0 aliphatic heterocycles. The van der Waals surface area contributed by atoms with Crippen molar-refractivity contribution in [1.29, 1.82) is 0 Å². The Bertz CT molecular complexity index is 481. The number of alkyl halides is 6. The highest BCUT2D eigenvalue weighted by Gasteiger charge is 2.70. The van der Waals surface area contributed by atoms with Crippen molar-refractivity contribution >= 4 is 5.97 Å². The molecule has 1 unspecified atom stereocenters. The van der Waals surface area contributed by atoms with Gasteiger partial charge in [0.05, 0.1) is 5.41 Å². The van der Waals surface area contributed by atoms with E-state index in [2.05, 4.69) is 0 Å². The molecule has 0 aliphatic carbocycles. The summed E-state index contributed by atoms with van der Waals surface area (Å²) in [5, 5.41) is 9.25. The van der Waals surface area contributed by atoms with Gasteiger partial charge in [0.1, 0.15) is 6.10 Å². The summed E-state index contributed by atoms with van der Waals surface area (Å²) in [5.74, 6) is -0.920. The maximum atomic E-state index is 12.8. The predicted octanol–water partition coefficient (Wildman–Crippen LogP) is 5.26. The van der Waals surface area contributed by atoms with Gasteiger partial charge in [-0.1, -0.05) is 41.5 Å². The summed E-state index contributed by atoms with van der Waals surface area (Å²) in [6.45, 7) is 12.8. The van der Waals surface area contributed by atoms with E-state index >= 15 is 0 Å². The minimum absolute atomic E-state index is 0.688. The molecule has 0 saturated carbocycles. The van der Waals surface area contributed by atoms with E-state index in [-0.39, 0.29) is 0 Å². The standard InChI is InChI=1S/C17H28F6O3/c1-10(9-15(25,16(18,19)20)17(21,22)23)26-11(24)14(8,12(2,3)4)13(5,6)7/h10,25H,9H2,1-8H3. The van der Waals surface area contributed by atoms with E-state index in [4.69, 9.17) is 4.74 Å². The van der Waals surface area contributed by atoms with Gasteiger partial charge in [-0.3, -0.25) is 4.79 Å². The highest BCUT2D eigenvalue weighted by atomic mass is 19.4. The van der Waals surface area contributed by atoms with Gasteiger partial charge in [0.25, 0.3) is 5.60 Å². The lowest BCUT2D eigenvalue weighted by atomic mass is 9.55. The molecule has 9 heteroatoms. The molecule has 0 aliphatic rings. The molecule has 0 radical (unpaired) electrons. The molecule has 0 heterocycles. The van der Waals surface area contributed by atoms with Crippen LogP contribution in [0, 0.1) is 16.2 Å². The van der Waals surface area contributed by atoms with E-state index in [1.165, 1.54) is 0 Å². The van der Waals surface area contributed by atoms with Gasteiger partial charge in [0.15, 0.2) is 0 Å². The lowest BCUT2D eigenvalue weighted by Gasteiger charge is -2.49. The van der Waals surface area contributed by atoms with Gasteiger partial charge in [0, 0.05) is 6.42 Å². The minimum atomic E-state index is -5.96. The van der Waals surface area contributed by atoms with E-state index < -0.39 is 52.7 Å². The Labute approximate surface area is 150 Å². The normalized spacial score (nSPS) is 16.4. The zero-order valence-electron chi connectivity index (χ0n) is 16.3. The molecule has 0 saturated heterocycles. The van der Waals surface area contributed by atoms with Crippen LogP contribution in [0.25, 0.3) is 0 Å². The van der Waals surface area contributed by atoms with Crippen LogP contribution in [0.3, 0.4) is 0 Å². The highest BCUT2D eigenvalue weighted by Crippen LogP contribution is 2.52. The van der Waals surface area contributed by atoms with E-state index in [1.807, 2.05) is 0 Å². The Kier molecular flexibility index (Phi) is 6.61. The van der Waals surface area contributed by atoms with Gasteiger partial charge in [-0.15, -0.1) is 0 Å². The Morgan fingerprint density at radius 3 is 1.38 bits per heavy atom. The zero-order valence-corrected chi connectivity index (χ0v) is 16.3. The van der Waals surface area contributed by atoms with Gasteiger partial charge in [-0.25, -0.2) is 0 Å². The second-order valence-corrected chi connectivity index (χ2v) is 8.90. The fraction of sp³-hybridized carbons (Fsp3) is 0.941. The predicted molar refractivity (Wildman–Crippen MR) is 84.2 cm³/mol. The van der Waals surface area contributed by atoms with E-state index in [0.717, 1.165) is 6.92 Å². The van der Waals surface area contributed by atoms with Crippen LogP contribution in [0.5, 0.6) is 0 Å². The number of carbonyl (C=O) groups is 1. The summed E-state index contributed by atoms with van der Waals surface area (Å²) < 4.78 is 81.8. The minimum Gasteiger partial charge on any atom is -0.462 e. The molecular weight excluding hydrogens is 366 g/mol. The number of esters is 1. The molecule has 156 valence electrons. The van der Waals surface area contributed by atoms with E-state index in [0.29, 0.717) is 0 Å². The molecule has 0 aromatic rings. The van der Waals surface area contributed by atoms with Gasteiger partial charge in [0.2, 0.25) is 0 Å². The lowest BCUT2D eigenvalue weighted by Crippen LogP contribution is -2.59. The summed E-state index contributed by atoms with van der Waals surface area (Å²) in [4.78, 5) is 12.7. The monoisotopic (exact) mass is 394 g/mol. The topological polar surface area (TPSA) is 46.5 Å². The molecule has 0 fully saturated rings. The first kappa shape index (κ1) is 25.0. The molecule has 26 heavy (non-hydrogen) atoms. The van der Waals surface area contributed by atoms with Crippen molar-refractivity contribution in [2.75, 3.05) is 0 Å². The molecule has 0 bridgehead atoms. The van der Waals surface area contributed by atoms with Crippen LogP contribution in [0.4, 0.5) is 26.3 Å². The van der Waals surface area contributed by atoms with Crippen molar-refractivity contribution in [2.24, 2.45) is 16.2 Å². The largest absolute Gasteiger partial charge is 0.462 e. The Balaban J connectivity index is 5.70. The van der Waals surface area contributed by atoms with Crippen LogP contribution in [0.15, 0.2) is 0 Å². The van der Waals surface area contributed by atoms with Gasteiger partial charge >= 0.3 is 18.3 Å². The zero-order chi connectivity index (χ0) is 21.6. The fourth-order valence-electron chi connectivity index (χ4n) is 2.89. The van der Waals surface area contributed by atoms with Crippen molar-refractivity contribution in [1.82, 2.24) is 0 Å². The second-order valence-electron chi connectivity index (χ2n) is 8.90. The second kappa shape index (κ2) is 6.87. The number of rotatable bonds is 4. The molecule has 1 atom stereocenters. The quantitative estimate of drug-likeness (QED) is 0.522. The maximum Gasteiger partial charge on any atom is 0.426 e. The number of halogens is 6. The molecule has 0 aromatic carbocycles. The Morgan fingerprint density at radius 2 is 1.15 bits per heavy atom. The summed E-state index contributed by atoms with van der Waals surface area (Å²) in [6, 6.07) is 0. The fourth-order valence-corrected chi connectivity index (χ4v) is 2.89. The molecule has 1 N–H and O–H groups in total. The first-order valence-electron chi connectivity index (χ1n) is 8.09. The van der Waals surface area contributed by atoms with Crippen LogP contribution in [0.1, 0.15) is 61.8 Å². The van der Waals surface area contributed by atoms with Gasteiger partial charge in [-0.05, 0) is 24.7 Å². The lowest BCUT2D eigenvalue weighted by molar-refractivity contribution is -0.373. The first-order chi connectivity index (χ1) is 11.0. The number of hydrogen-bond acceptors (Lipinski definition) is 3. The van der Waals surface area contributed by atoms with Crippen LogP contribution >= 0.6 is 0 Å². The average molecular weight is 394 g/mol. The van der Waals surface area contributed by atoms with Crippen molar-refractivity contribution in [2.45, 2.75) is 85.9 Å². The highest BCUT2D eigenvalue weighted by molar-refractivity contribution is 5.78. The summed E-state index contributed by atoms with van der Waals surface area (Å²) in [5.41, 5.74) is -7.54. The third-order valence-corrected chi connectivity index (χ3v) is 5.24. The third-order valence-electron chi connectivity index (χ3n) is 5.24. The van der Waals surface area contributed by atoms with Crippen molar-refractivity contribution in [3.05, 3.63) is 0 Å². The van der Waals surface area contributed by atoms with Crippen LogP contribution in [0.2, 0.25) is 0 Å². The van der Waals surface area contributed by atoms with Crippen LogP contribution in [-0.2, 0) is 9.53 Å². The van der Waals surface area contributed by atoms with Crippen molar-refractivity contribution in [3.8, 4) is 0 Å². The molecule has 0 rings (SSSR count). The first-order valence-corrected chi connectivity index (χ1v) is 8.09. The molecule has 3 nitrogen and oxygen atoms in total. The van der Waals surface area contributed by atoms with E-state index in [9.17, 15) is 36.2 Å². The number of hydrogen-bond donors (Lipinski definition) is 1. The van der Waals surface area contributed by atoms with Gasteiger partial charge in [-0.2, -0.15) is 26.3 Å². The molecule has 0 spiro atoms. The molecular formula is C17H28F6O3. The smallest absolute Gasteiger partial charge is 0.426 e. The van der Waals surface area contributed by atoms with Crippen molar-refractivity contribution < 1.29 is 41.0 Å². The summed E-state index contributed by atoms with van der Waals surface area (Å²) in [6.07, 6.45) is -15.6. The van der Waals surface area contributed by atoms with Crippen molar-refractivity contribution in [3.63, 3.8) is 0 Å². The van der Waals surface area contributed by atoms with Gasteiger partial charge < -0.3 is 9.84 Å². The third kappa shape index (κ3) is 4.46.